The lowest BCUT2D eigenvalue weighted by Gasteiger charge is -2.08. The topological polar surface area (TPSA) is 60.2 Å². The third kappa shape index (κ3) is 3.66. The van der Waals surface area contributed by atoms with Crippen molar-refractivity contribution in [2.24, 2.45) is 0 Å². The van der Waals surface area contributed by atoms with Gasteiger partial charge in [-0.3, -0.25) is 0 Å². The third-order valence-corrected chi connectivity index (χ3v) is 2.45. The van der Waals surface area contributed by atoms with Gasteiger partial charge in [0.25, 0.3) is 0 Å². The zero-order valence-corrected chi connectivity index (χ0v) is 10.4. The largest absolute Gasteiger partial charge is 0.492 e. The van der Waals surface area contributed by atoms with Gasteiger partial charge in [-0.1, -0.05) is 12.1 Å². The van der Waals surface area contributed by atoms with Gasteiger partial charge in [0.1, 0.15) is 18.2 Å². The van der Waals surface area contributed by atoms with Gasteiger partial charge in [-0.25, -0.2) is 4.98 Å². The van der Waals surface area contributed by atoms with Gasteiger partial charge in [0.2, 0.25) is 0 Å². The Labute approximate surface area is 107 Å². The van der Waals surface area contributed by atoms with Crippen LogP contribution in [-0.4, -0.2) is 18.1 Å². The van der Waals surface area contributed by atoms with Crippen LogP contribution in [0.5, 0.6) is 5.75 Å². The van der Waals surface area contributed by atoms with Crippen molar-refractivity contribution < 1.29 is 4.74 Å². The second-order valence-electron chi connectivity index (χ2n) is 4.07. The van der Waals surface area contributed by atoms with Crippen molar-refractivity contribution in [1.29, 1.82) is 0 Å². The lowest BCUT2D eigenvalue weighted by atomic mass is 10.2. The van der Waals surface area contributed by atoms with E-state index in [1.165, 1.54) is 5.56 Å². The molecular formula is C14H17N3O. The summed E-state index contributed by atoms with van der Waals surface area (Å²) in [5.41, 5.74) is 7.55. The summed E-state index contributed by atoms with van der Waals surface area (Å²) in [5.74, 6) is 1.65. The van der Waals surface area contributed by atoms with E-state index >= 15 is 0 Å². The average molecular weight is 243 g/mol. The van der Waals surface area contributed by atoms with E-state index in [4.69, 9.17) is 10.5 Å². The molecule has 0 fully saturated rings. The summed E-state index contributed by atoms with van der Waals surface area (Å²) in [6, 6.07) is 11.5. The molecule has 18 heavy (non-hydrogen) atoms. The molecule has 94 valence electrons. The Morgan fingerprint density at radius 3 is 2.94 bits per heavy atom. The predicted octanol–water partition coefficient (Wildman–Crippen LogP) is 2.46. The van der Waals surface area contributed by atoms with E-state index in [9.17, 15) is 0 Å². The summed E-state index contributed by atoms with van der Waals surface area (Å²) >= 11 is 0. The highest BCUT2D eigenvalue weighted by molar-refractivity contribution is 5.48. The molecule has 0 aliphatic carbocycles. The number of hydrogen-bond acceptors (Lipinski definition) is 4. The average Bonchev–Trinajstić information content (AvgIpc) is 2.35. The number of nitrogens with zero attached hydrogens (tertiary/aromatic N) is 1. The second-order valence-corrected chi connectivity index (χ2v) is 4.07. The minimum atomic E-state index is 0.583. The number of aryl methyl sites for hydroxylation is 1. The molecule has 0 amide bonds. The second kappa shape index (κ2) is 5.91. The van der Waals surface area contributed by atoms with E-state index in [2.05, 4.69) is 10.3 Å². The molecule has 0 saturated carbocycles. The van der Waals surface area contributed by atoms with E-state index in [1.54, 1.807) is 18.3 Å². The number of nitrogens with one attached hydrogen (secondary N) is 1. The van der Waals surface area contributed by atoms with Crippen LogP contribution in [0, 0.1) is 6.92 Å². The molecule has 0 saturated heterocycles. The van der Waals surface area contributed by atoms with Crippen molar-refractivity contribution in [1.82, 2.24) is 4.98 Å². The molecular weight excluding hydrogens is 226 g/mol. The highest BCUT2D eigenvalue weighted by Crippen LogP contribution is 2.12. The Hall–Kier alpha value is -2.23. The lowest BCUT2D eigenvalue weighted by Crippen LogP contribution is -2.12. The van der Waals surface area contributed by atoms with E-state index in [0.29, 0.717) is 18.8 Å². The Bertz CT molecular complexity index is 466. The smallest absolute Gasteiger partial charge is 0.128 e. The van der Waals surface area contributed by atoms with Crippen LogP contribution in [0.3, 0.4) is 0 Å². The molecule has 0 atom stereocenters. The number of benzene rings is 1. The lowest BCUT2D eigenvalue weighted by molar-refractivity contribution is 0.332. The van der Waals surface area contributed by atoms with Crippen molar-refractivity contribution in [2.45, 2.75) is 6.92 Å². The van der Waals surface area contributed by atoms with E-state index in [-0.39, 0.29) is 0 Å². The normalized spacial score (nSPS) is 10.1. The molecule has 3 N–H and O–H groups in total. The van der Waals surface area contributed by atoms with Gasteiger partial charge < -0.3 is 15.8 Å². The fraction of sp³-hybridized carbons (Fsp3) is 0.214. The van der Waals surface area contributed by atoms with Crippen LogP contribution in [0.4, 0.5) is 11.5 Å². The summed E-state index contributed by atoms with van der Waals surface area (Å²) in [5, 5.41) is 3.15. The molecule has 0 aliphatic heterocycles. The van der Waals surface area contributed by atoms with Crippen LogP contribution in [0.15, 0.2) is 42.6 Å². The van der Waals surface area contributed by atoms with Crippen LogP contribution in [-0.2, 0) is 0 Å². The van der Waals surface area contributed by atoms with Crippen LogP contribution in [0.1, 0.15) is 5.56 Å². The first kappa shape index (κ1) is 12.2. The van der Waals surface area contributed by atoms with E-state index < -0.39 is 0 Å². The van der Waals surface area contributed by atoms with Crippen molar-refractivity contribution in [3.63, 3.8) is 0 Å². The standard InChI is InChI=1S/C14H17N3O/c1-11-3-2-4-13(9-11)18-8-7-17-14-10-12(15)5-6-16-14/h2-6,9-10H,7-8H2,1H3,(H3,15,16,17). The molecule has 0 bridgehead atoms. The van der Waals surface area contributed by atoms with Gasteiger partial charge in [0.05, 0.1) is 6.54 Å². The van der Waals surface area contributed by atoms with Gasteiger partial charge in [-0.2, -0.15) is 0 Å². The van der Waals surface area contributed by atoms with Crippen LogP contribution in [0.2, 0.25) is 0 Å². The van der Waals surface area contributed by atoms with Gasteiger partial charge >= 0.3 is 0 Å². The number of nitrogens with two attached hydrogens (primary N) is 1. The molecule has 0 unspecified atom stereocenters. The number of ether oxygens (including phenoxy) is 1. The van der Waals surface area contributed by atoms with E-state index in [1.807, 2.05) is 31.2 Å². The maximum atomic E-state index is 5.66. The quantitative estimate of drug-likeness (QED) is 0.792. The summed E-state index contributed by atoms with van der Waals surface area (Å²) in [7, 11) is 0. The zero-order valence-electron chi connectivity index (χ0n) is 10.4. The van der Waals surface area contributed by atoms with Gasteiger partial charge in [-0.15, -0.1) is 0 Å². The molecule has 2 rings (SSSR count). The number of aromatic nitrogens is 1. The van der Waals surface area contributed by atoms with Gasteiger partial charge in [-0.05, 0) is 30.7 Å². The number of anilines is 2. The minimum absolute atomic E-state index is 0.583. The highest BCUT2D eigenvalue weighted by atomic mass is 16.5. The maximum absolute atomic E-state index is 5.66. The number of nitrogen functional groups attached to an aromatic ring is 1. The first-order chi connectivity index (χ1) is 8.74. The summed E-state index contributed by atoms with van der Waals surface area (Å²) in [4.78, 5) is 4.15. The molecule has 4 heteroatoms. The molecule has 1 aromatic heterocycles. The first-order valence-corrected chi connectivity index (χ1v) is 5.89. The summed E-state index contributed by atoms with van der Waals surface area (Å²) in [6.45, 7) is 3.31. The van der Waals surface area contributed by atoms with Crippen LogP contribution in [0.25, 0.3) is 0 Å². The molecule has 1 aromatic carbocycles. The van der Waals surface area contributed by atoms with Crippen molar-refractivity contribution in [2.75, 3.05) is 24.2 Å². The Morgan fingerprint density at radius 2 is 2.17 bits per heavy atom. The summed E-state index contributed by atoms with van der Waals surface area (Å²) in [6.07, 6.45) is 1.68. The monoisotopic (exact) mass is 243 g/mol. The Balaban J connectivity index is 1.76. The van der Waals surface area contributed by atoms with Crippen molar-refractivity contribution in [3.05, 3.63) is 48.2 Å². The van der Waals surface area contributed by atoms with Crippen molar-refractivity contribution >= 4 is 11.5 Å². The molecule has 0 spiro atoms. The van der Waals surface area contributed by atoms with Gasteiger partial charge in [0.15, 0.2) is 0 Å². The van der Waals surface area contributed by atoms with Crippen LogP contribution >= 0.6 is 0 Å². The SMILES string of the molecule is Cc1cccc(OCCNc2cc(N)ccn2)c1. The molecule has 2 aromatic rings. The van der Waals surface area contributed by atoms with E-state index in [0.717, 1.165) is 11.6 Å². The Kier molecular flexibility index (Phi) is 4.02. The fourth-order valence-electron chi connectivity index (χ4n) is 1.60. The number of hydrogen-bond donors (Lipinski definition) is 2. The highest BCUT2D eigenvalue weighted by Gasteiger charge is 1.96. The first-order valence-electron chi connectivity index (χ1n) is 5.89. The zero-order chi connectivity index (χ0) is 12.8. The summed E-state index contributed by atoms with van der Waals surface area (Å²) < 4.78 is 5.62. The fourth-order valence-corrected chi connectivity index (χ4v) is 1.60. The maximum Gasteiger partial charge on any atom is 0.128 e. The predicted molar refractivity (Wildman–Crippen MR) is 73.8 cm³/mol. The number of pyridine rings is 1. The van der Waals surface area contributed by atoms with Crippen molar-refractivity contribution in [3.8, 4) is 5.75 Å². The number of rotatable bonds is 5. The molecule has 1 heterocycles. The minimum Gasteiger partial charge on any atom is -0.492 e. The van der Waals surface area contributed by atoms with Gasteiger partial charge in [0, 0.05) is 18.0 Å². The molecule has 0 radical (unpaired) electrons. The van der Waals surface area contributed by atoms with Crippen LogP contribution < -0.4 is 15.8 Å². The Morgan fingerprint density at radius 1 is 1.28 bits per heavy atom. The molecule has 0 aliphatic rings. The molecule has 4 nitrogen and oxygen atoms in total. The third-order valence-electron chi connectivity index (χ3n) is 2.45.